The molecule has 8 heteroatoms. The van der Waals surface area contributed by atoms with Crippen LogP contribution in [-0.4, -0.2) is 39.2 Å². The van der Waals surface area contributed by atoms with E-state index in [1.807, 2.05) is 18.2 Å². The van der Waals surface area contributed by atoms with E-state index < -0.39 is 0 Å². The van der Waals surface area contributed by atoms with E-state index in [1.54, 1.807) is 22.8 Å². The van der Waals surface area contributed by atoms with Crippen molar-refractivity contribution in [2.45, 2.75) is 25.3 Å². The second-order valence-electron chi connectivity index (χ2n) is 7.59. The van der Waals surface area contributed by atoms with E-state index in [0.29, 0.717) is 23.8 Å². The lowest BCUT2D eigenvalue weighted by Gasteiger charge is -2.30. The van der Waals surface area contributed by atoms with Crippen LogP contribution in [0.15, 0.2) is 62.3 Å². The van der Waals surface area contributed by atoms with Crippen LogP contribution in [0, 0.1) is 5.82 Å². The van der Waals surface area contributed by atoms with Gasteiger partial charge in [0.15, 0.2) is 5.58 Å². The molecule has 0 saturated carbocycles. The molecule has 4 aromatic rings. The van der Waals surface area contributed by atoms with Crippen LogP contribution in [0.25, 0.3) is 22.5 Å². The fraction of sp³-hybridized carbons (Fsp3) is 0.318. The zero-order valence-electron chi connectivity index (χ0n) is 16.3. The summed E-state index contributed by atoms with van der Waals surface area (Å²) in [5.41, 5.74) is 2.15. The van der Waals surface area contributed by atoms with Crippen molar-refractivity contribution in [2.24, 2.45) is 0 Å². The third-order valence-electron chi connectivity index (χ3n) is 5.61. The number of nitrogens with zero attached hydrogens (tertiary/aromatic N) is 4. The number of hydrogen-bond acceptors (Lipinski definition) is 6. The highest BCUT2D eigenvalue weighted by atomic mass is 19.1. The number of benzene rings is 2. The fourth-order valence-electron chi connectivity index (χ4n) is 4.04. The molecule has 2 aromatic carbocycles. The highest BCUT2D eigenvalue weighted by molar-refractivity contribution is 5.72. The molecule has 1 atom stereocenters. The summed E-state index contributed by atoms with van der Waals surface area (Å²) in [7, 11) is 0. The van der Waals surface area contributed by atoms with Crippen molar-refractivity contribution < 1.29 is 13.3 Å². The van der Waals surface area contributed by atoms with Gasteiger partial charge >= 0.3 is 5.76 Å². The molecule has 3 heterocycles. The van der Waals surface area contributed by atoms with Gasteiger partial charge in [-0.3, -0.25) is 4.57 Å². The molecule has 0 bridgehead atoms. The topological polar surface area (TPSA) is 77.3 Å². The van der Waals surface area contributed by atoms with Gasteiger partial charge in [0.2, 0.25) is 11.7 Å². The second kappa shape index (κ2) is 7.87. The molecule has 1 unspecified atom stereocenters. The average Bonchev–Trinajstić information content (AvgIpc) is 3.37. The molecule has 5 rings (SSSR count). The minimum absolute atomic E-state index is 0.137. The smallest absolute Gasteiger partial charge is 0.408 e. The molecule has 1 saturated heterocycles. The Balaban J connectivity index is 1.27. The first-order valence-electron chi connectivity index (χ1n) is 10.1. The molecule has 2 aromatic heterocycles. The Kier molecular flexibility index (Phi) is 4.92. The molecule has 0 amide bonds. The van der Waals surface area contributed by atoms with E-state index in [4.69, 9.17) is 8.94 Å². The number of hydrogen-bond donors (Lipinski definition) is 0. The number of fused-ring (bicyclic) bond motifs is 1. The maximum atomic E-state index is 13.1. The van der Waals surface area contributed by atoms with Crippen LogP contribution in [-0.2, 0) is 6.54 Å². The first-order chi connectivity index (χ1) is 14.7. The van der Waals surface area contributed by atoms with Gasteiger partial charge < -0.3 is 13.8 Å². The first-order valence-corrected chi connectivity index (χ1v) is 10.1. The molecule has 1 fully saturated rings. The number of aromatic nitrogens is 3. The number of oxazole rings is 1. The van der Waals surface area contributed by atoms with Crippen molar-refractivity contribution in [3.8, 4) is 11.4 Å². The van der Waals surface area contributed by atoms with Crippen LogP contribution in [0.1, 0.15) is 24.7 Å². The van der Waals surface area contributed by atoms with Crippen LogP contribution < -0.4 is 5.76 Å². The van der Waals surface area contributed by atoms with E-state index in [0.717, 1.165) is 43.6 Å². The molecule has 0 radical (unpaired) electrons. The third kappa shape index (κ3) is 3.66. The summed E-state index contributed by atoms with van der Waals surface area (Å²) in [5, 5.41) is 4.06. The third-order valence-corrected chi connectivity index (χ3v) is 5.61. The Bertz CT molecular complexity index is 1210. The van der Waals surface area contributed by atoms with Gasteiger partial charge in [-0.1, -0.05) is 17.3 Å². The van der Waals surface area contributed by atoms with Crippen molar-refractivity contribution in [2.75, 3.05) is 19.6 Å². The summed E-state index contributed by atoms with van der Waals surface area (Å²) >= 11 is 0. The van der Waals surface area contributed by atoms with Gasteiger partial charge in [-0.05, 0) is 55.8 Å². The van der Waals surface area contributed by atoms with E-state index in [1.165, 1.54) is 12.1 Å². The molecule has 1 aliphatic heterocycles. The van der Waals surface area contributed by atoms with E-state index >= 15 is 0 Å². The van der Waals surface area contributed by atoms with Gasteiger partial charge in [-0.2, -0.15) is 4.98 Å². The zero-order valence-corrected chi connectivity index (χ0v) is 16.3. The molecule has 0 spiro atoms. The summed E-state index contributed by atoms with van der Waals surface area (Å²) in [5.74, 6) is 0.585. The predicted molar refractivity (Wildman–Crippen MR) is 109 cm³/mol. The summed E-state index contributed by atoms with van der Waals surface area (Å²) in [6.45, 7) is 3.04. The Labute approximate surface area is 171 Å². The Morgan fingerprint density at radius 3 is 2.80 bits per heavy atom. The summed E-state index contributed by atoms with van der Waals surface area (Å²) in [4.78, 5) is 19.0. The normalized spacial score (nSPS) is 17.6. The molecule has 154 valence electrons. The van der Waals surface area contributed by atoms with Crippen molar-refractivity contribution in [3.63, 3.8) is 0 Å². The fourth-order valence-corrected chi connectivity index (χ4v) is 4.04. The van der Waals surface area contributed by atoms with Gasteiger partial charge in [0.05, 0.1) is 11.4 Å². The largest absolute Gasteiger partial charge is 0.419 e. The number of piperidine rings is 1. The average molecular weight is 408 g/mol. The van der Waals surface area contributed by atoms with Crippen molar-refractivity contribution in [3.05, 3.63) is 70.8 Å². The highest BCUT2D eigenvalue weighted by Gasteiger charge is 2.26. The SMILES string of the molecule is O=c1oc2ccccc2n1CCN1CCCC(c2nc(-c3ccc(F)cc3)no2)C1. The summed E-state index contributed by atoms with van der Waals surface area (Å²) in [6, 6.07) is 13.5. The predicted octanol–water partition coefficient (Wildman–Crippen LogP) is 3.66. The number of para-hydroxylation sites is 2. The molecular weight excluding hydrogens is 387 g/mol. The minimum Gasteiger partial charge on any atom is -0.408 e. The lowest BCUT2D eigenvalue weighted by Crippen LogP contribution is -2.37. The highest BCUT2D eigenvalue weighted by Crippen LogP contribution is 2.27. The first kappa shape index (κ1) is 18.7. The standard InChI is InChI=1S/C22H21FN4O3/c23-17-9-7-15(8-10-17)20-24-21(30-25-20)16-4-3-11-26(14-16)12-13-27-18-5-1-2-6-19(18)29-22(27)28/h1-2,5-10,16H,3-4,11-14H2. The van der Waals surface area contributed by atoms with Crippen LogP contribution in [0.2, 0.25) is 0 Å². The maximum Gasteiger partial charge on any atom is 0.419 e. The molecule has 0 aliphatic carbocycles. The monoisotopic (exact) mass is 408 g/mol. The van der Waals surface area contributed by atoms with E-state index in [9.17, 15) is 9.18 Å². The lowest BCUT2D eigenvalue weighted by molar-refractivity contribution is 0.181. The second-order valence-corrected chi connectivity index (χ2v) is 7.59. The van der Waals surface area contributed by atoms with Crippen LogP contribution >= 0.6 is 0 Å². The van der Waals surface area contributed by atoms with E-state index in [-0.39, 0.29) is 17.5 Å². The molecule has 1 aliphatic rings. The van der Waals surface area contributed by atoms with Crippen molar-refractivity contribution >= 4 is 11.1 Å². The lowest BCUT2D eigenvalue weighted by atomic mass is 9.98. The van der Waals surface area contributed by atoms with Gasteiger partial charge in [-0.25, -0.2) is 9.18 Å². The van der Waals surface area contributed by atoms with Crippen LogP contribution in [0.4, 0.5) is 4.39 Å². The summed E-state index contributed by atoms with van der Waals surface area (Å²) in [6.07, 6.45) is 1.98. The van der Waals surface area contributed by atoms with Gasteiger partial charge in [0.1, 0.15) is 5.82 Å². The Morgan fingerprint density at radius 2 is 1.93 bits per heavy atom. The molecular formula is C22H21FN4O3. The van der Waals surface area contributed by atoms with Crippen LogP contribution in [0.5, 0.6) is 0 Å². The molecule has 0 N–H and O–H groups in total. The summed E-state index contributed by atoms with van der Waals surface area (Å²) < 4.78 is 25.6. The Hall–Kier alpha value is -3.26. The van der Waals surface area contributed by atoms with Gasteiger partial charge in [0, 0.05) is 25.2 Å². The Morgan fingerprint density at radius 1 is 1.10 bits per heavy atom. The number of halogens is 1. The molecule has 7 nitrogen and oxygen atoms in total. The van der Waals surface area contributed by atoms with Crippen molar-refractivity contribution in [1.82, 2.24) is 19.6 Å². The van der Waals surface area contributed by atoms with Crippen molar-refractivity contribution in [1.29, 1.82) is 0 Å². The quantitative estimate of drug-likeness (QED) is 0.502. The van der Waals surface area contributed by atoms with Crippen LogP contribution in [0.3, 0.4) is 0 Å². The van der Waals surface area contributed by atoms with Gasteiger partial charge in [-0.15, -0.1) is 0 Å². The van der Waals surface area contributed by atoms with Gasteiger partial charge in [0.25, 0.3) is 0 Å². The number of rotatable bonds is 5. The van der Waals surface area contributed by atoms with E-state index in [2.05, 4.69) is 15.0 Å². The zero-order chi connectivity index (χ0) is 20.5. The minimum atomic E-state index is -0.328. The molecule has 30 heavy (non-hydrogen) atoms. The number of likely N-dealkylation sites (tertiary alicyclic amines) is 1. The maximum absolute atomic E-state index is 13.1.